The fourth-order valence-corrected chi connectivity index (χ4v) is 1.98. The molecule has 128 valence electrons. The van der Waals surface area contributed by atoms with Gasteiger partial charge in [-0.2, -0.15) is 0 Å². The van der Waals surface area contributed by atoms with E-state index in [0.717, 1.165) is 17.7 Å². The Morgan fingerprint density at radius 3 is 2.62 bits per heavy atom. The van der Waals surface area contributed by atoms with E-state index in [4.69, 9.17) is 4.42 Å². The lowest BCUT2D eigenvalue weighted by molar-refractivity contribution is -0.115. The van der Waals surface area contributed by atoms with Gasteiger partial charge in [0.2, 0.25) is 5.91 Å². The van der Waals surface area contributed by atoms with Crippen LogP contribution in [0.4, 0.5) is 19.3 Å². The molecule has 0 aliphatic rings. The first-order chi connectivity index (χ1) is 11.5. The Morgan fingerprint density at radius 1 is 1.21 bits per heavy atom. The van der Waals surface area contributed by atoms with Gasteiger partial charge < -0.3 is 20.0 Å². The van der Waals surface area contributed by atoms with Gasteiger partial charge in [0, 0.05) is 23.9 Å². The lowest BCUT2D eigenvalue weighted by Crippen LogP contribution is -2.42. The molecule has 3 amide bonds. The summed E-state index contributed by atoms with van der Waals surface area (Å²) >= 11 is 0. The van der Waals surface area contributed by atoms with Crippen molar-refractivity contribution in [2.24, 2.45) is 0 Å². The number of urea groups is 1. The van der Waals surface area contributed by atoms with E-state index < -0.39 is 23.6 Å². The molecule has 24 heavy (non-hydrogen) atoms. The van der Waals surface area contributed by atoms with Crippen LogP contribution in [-0.4, -0.2) is 29.9 Å². The number of anilines is 1. The molecule has 8 heteroatoms. The van der Waals surface area contributed by atoms with Gasteiger partial charge >= 0.3 is 6.03 Å². The number of carbonyl (C=O) groups excluding carboxylic acids is 2. The second kappa shape index (κ2) is 8.09. The van der Waals surface area contributed by atoms with Gasteiger partial charge in [-0.05, 0) is 25.1 Å². The van der Waals surface area contributed by atoms with Crippen molar-refractivity contribution in [3.63, 3.8) is 0 Å². The Hall–Kier alpha value is -2.90. The zero-order valence-electron chi connectivity index (χ0n) is 13.0. The van der Waals surface area contributed by atoms with Crippen LogP contribution in [0.1, 0.15) is 12.5 Å². The molecule has 0 bridgehead atoms. The third kappa shape index (κ3) is 4.80. The third-order valence-electron chi connectivity index (χ3n) is 3.23. The first-order valence-electron chi connectivity index (χ1n) is 7.28. The summed E-state index contributed by atoms with van der Waals surface area (Å²) in [6, 6.07) is 4.33. The molecule has 0 radical (unpaired) electrons. The monoisotopic (exact) mass is 337 g/mol. The zero-order valence-corrected chi connectivity index (χ0v) is 13.0. The van der Waals surface area contributed by atoms with E-state index in [0.29, 0.717) is 13.1 Å². The molecule has 1 aromatic heterocycles. The molecule has 0 saturated heterocycles. The molecule has 6 nitrogen and oxygen atoms in total. The van der Waals surface area contributed by atoms with Crippen LogP contribution in [0.3, 0.4) is 0 Å². The number of rotatable bonds is 6. The summed E-state index contributed by atoms with van der Waals surface area (Å²) in [5.41, 5.74) is 0.942. The highest BCUT2D eigenvalue weighted by atomic mass is 19.2. The van der Waals surface area contributed by atoms with Crippen LogP contribution in [0.15, 0.2) is 41.2 Å². The molecular weight excluding hydrogens is 320 g/mol. The highest BCUT2D eigenvalue weighted by Gasteiger charge is 2.14. The normalized spacial score (nSPS) is 10.3. The molecule has 0 aliphatic carbocycles. The molecule has 2 aromatic rings. The molecule has 0 aliphatic heterocycles. The summed E-state index contributed by atoms with van der Waals surface area (Å²) in [5, 5.41) is 4.84. The number of furan rings is 1. The van der Waals surface area contributed by atoms with Crippen molar-refractivity contribution >= 4 is 17.6 Å². The first-order valence-corrected chi connectivity index (χ1v) is 7.28. The van der Waals surface area contributed by atoms with Gasteiger partial charge in [-0.3, -0.25) is 4.79 Å². The smallest absolute Gasteiger partial charge is 0.318 e. The van der Waals surface area contributed by atoms with Crippen molar-refractivity contribution in [2.75, 3.05) is 18.4 Å². The molecule has 2 N–H and O–H groups in total. The van der Waals surface area contributed by atoms with Crippen molar-refractivity contribution in [2.45, 2.75) is 13.5 Å². The maximum Gasteiger partial charge on any atom is 0.318 e. The Kier molecular flexibility index (Phi) is 5.89. The van der Waals surface area contributed by atoms with Crippen LogP contribution in [-0.2, 0) is 11.3 Å². The average molecular weight is 337 g/mol. The zero-order chi connectivity index (χ0) is 17.5. The molecule has 0 atom stereocenters. The molecule has 0 fully saturated rings. The summed E-state index contributed by atoms with van der Waals surface area (Å²) in [6.45, 7) is 2.31. The van der Waals surface area contributed by atoms with Crippen molar-refractivity contribution in [3.05, 3.63) is 54.0 Å². The number of carbonyl (C=O) groups is 2. The van der Waals surface area contributed by atoms with E-state index in [1.165, 1.54) is 23.5 Å². The molecule has 0 saturated carbocycles. The molecule has 2 rings (SSSR count). The largest absolute Gasteiger partial charge is 0.472 e. The summed E-state index contributed by atoms with van der Waals surface area (Å²) in [7, 11) is 0. The molecule has 1 heterocycles. The summed E-state index contributed by atoms with van der Waals surface area (Å²) in [5.74, 6) is -2.61. The summed E-state index contributed by atoms with van der Waals surface area (Å²) in [4.78, 5) is 25.3. The van der Waals surface area contributed by atoms with Gasteiger partial charge in [0.1, 0.15) is 0 Å². The minimum atomic E-state index is -1.06. The lowest BCUT2D eigenvalue weighted by atomic mass is 10.3. The highest BCUT2D eigenvalue weighted by Crippen LogP contribution is 2.12. The van der Waals surface area contributed by atoms with Gasteiger partial charge in [-0.15, -0.1) is 0 Å². The van der Waals surface area contributed by atoms with E-state index in [9.17, 15) is 18.4 Å². The highest BCUT2D eigenvalue weighted by molar-refractivity contribution is 5.94. The van der Waals surface area contributed by atoms with Gasteiger partial charge in [0.15, 0.2) is 11.6 Å². The molecule has 1 aromatic carbocycles. The number of amides is 3. The van der Waals surface area contributed by atoms with Crippen molar-refractivity contribution in [3.8, 4) is 0 Å². The Balaban J connectivity index is 1.83. The number of hydrogen-bond donors (Lipinski definition) is 2. The van der Waals surface area contributed by atoms with E-state index in [1.807, 2.05) is 0 Å². The fourth-order valence-electron chi connectivity index (χ4n) is 1.98. The topological polar surface area (TPSA) is 74.6 Å². The predicted molar refractivity (Wildman–Crippen MR) is 83.2 cm³/mol. The lowest BCUT2D eigenvalue weighted by Gasteiger charge is -2.20. The molecular formula is C16H17F2N3O3. The summed E-state index contributed by atoms with van der Waals surface area (Å²) < 4.78 is 30.8. The Labute approximate surface area is 137 Å². The van der Waals surface area contributed by atoms with Gasteiger partial charge in [0.25, 0.3) is 0 Å². The van der Waals surface area contributed by atoms with Crippen LogP contribution in [0.5, 0.6) is 0 Å². The first kappa shape index (κ1) is 17.5. The maximum atomic E-state index is 13.1. The number of halogens is 2. The quantitative estimate of drug-likeness (QED) is 0.851. The van der Waals surface area contributed by atoms with E-state index in [2.05, 4.69) is 10.6 Å². The van der Waals surface area contributed by atoms with E-state index in [-0.39, 0.29) is 12.2 Å². The van der Waals surface area contributed by atoms with Gasteiger partial charge in [-0.25, -0.2) is 13.6 Å². The van der Waals surface area contributed by atoms with Crippen LogP contribution < -0.4 is 10.6 Å². The van der Waals surface area contributed by atoms with Crippen molar-refractivity contribution < 1.29 is 22.8 Å². The van der Waals surface area contributed by atoms with Gasteiger partial charge in [0.05, 0.1) is 25.6 Å². The summed E-state index contributed by atoms with van der Waals surface area (Å²) in [6.07, 6.45) is 3.04. The van der Waals surface area contributed by atoms with Crippen LogP contribution >= 0.6 is 0 Å². The van der Waals surface area contributed by atoms with Crippen molar-refractivity contribution in [1.29, 1.82) is 0 Å². The minimum Gasteiger partial charge on any atom is -0.472 e. The third-order valence-corrected chi connectivity index (χ3v) is 3.23. The minimum absolute atomic E-state index is 0.110. The van der Waals surface area contributed by atoms with Gasteiger partial charge in [-0.1, -0.05) is 0 Å². The number of nitrogens with one attached hydrogen (secondary N) is 2. The van der Waals surface area contributed by atoms with Crippen molar-refractivity contribution in [1.82, 2.24) is 10.2 Å². The van der Waals surface area contributed by atoms with E-state index in [1.54, 1.807) is 13.0 Å². The molecule has 0 spiro atoms. The number of nitrogens with zero attached hydrogens (tertiary/aromatic N) is 1. The van der Waals surface area contributed by atoms with Crippen LogP contribution in [0, 0.1) is 11.6 Å². The Morgan fingerprint density at radius 2 is 2.00 bits per heavy atom. The predicted octanol–water partition coefficient (Wildman–Crippen LogP) is 2.73. The standard InChI is InChI=1S/C16H17F2N3O3/c1-2-21(9-11-5-6-24-10-11)16(23)19-8-15(22)20-12-3-4-13(17)14(18)7-12/h3-7,10H,2,8-9H2,1H3,(H,19,23)(H,20,22). The Bertz CT molecular complexity index is 705. The van der Waals surface area contributed by atoms with Crippen LogP contribution in [0.2, 0.25) is 0 Å². The molecule has 0 unspecified atom stereocenters. The van der Waals surface area contributed by atoms with E-state index >= 15 is 0 Å². The number of benzene rings is 1. The van der Waals surface area contributed by atoms with Crippen LogP contribution in [0.25, 0.3) is 0 Å². The second-order valence-electron chi connectivity index (χ2n) is 4.98. The second-order valence-corrected chi connectivity index (χ2v) is 4.98. The fraction of sp³-hybridized carbons (Fsp3) is 0.250. The average Bonchev–Trinajstić information content (AvgIpc) is 3.07. The maximum absolute atomic E-state index is 13.1. The SMILES string of the molecule is CCN(Cc1ccoc1)C(=O)NCC(=O)Nc1ccc(F)c(F)c1. The number of hydrogen-bond acceptors (Lipinski definition) is 3.